The second-order valence-corrected chi connectivity index (χ2v) is 8.16. The number of carboxylic acid groups (broad SMARTS) is 1. The van der Waals surface area contributed by atoms with Gasteiger partial charge in [0, 0.05) is 24.6 Å². The maximum Gasteiger partial charge on any atom is 0.335 e. The lowest BCUT2D eigenvalue weighted by Gasteiger charge is -2.37. The molecule has 2 aromatic rings. The Morgan fingerprint density at radius 2 is 1.93 bits per heavy atom. The molecule has 2 aliphatic heterocycles. The first-order valence-electron chi connectivity index (χ1n) is 9.33. The molecule has 2 amide bonds. The summed E-state index contributed by atoms with van der Waals surface area (Å²) in [5.74, 6) is 1.04. The van der Waals surface area contributed by atoms with Gasteiger partial charge in [-0.3, -0.25) is 19.4 Å². The van der Waals surface area contributed by atoms with Crippen LogP contribution < -0.4 is 9.80 Å². The second kappa shape index (κ2) is 8.30. The summed E-state index contributed by atoms with van der Waals surface area (Å²) in [4.78, 5) is 42.4. The monoisotopic (exact) mass is 415 g/mol. The molecule has 0 saturated carbocycles. The third-order valence-electron chi connectivity index (χ3n) is 5.06. The Labute approximate surface area is 172 Å². The van der Waals surface area contributed by atoms with Gasteiger partial charge in [0.15, 0.2) is 0 Å². The lowest BCUT2D eigenvalue weighted by atomic mass is 10.1. The first-order valence-corrected chi connectivity index (χ1v) is 10.5. The summed E-state index contributed by atoms with van der Waals surface area (Å²) in [6.45, 7) is 1.95. The van der Waals surface area contributed by atoms with E-state index in [0.29, 0.717) is 17.1 Å². The van der Waals surface area contributed by atoms with E-state index >= 15 is 0 Å². The van der Waals surface area contributed by atoms with Crippen molar-refractivity contribution in [3.8, 4) is 0 Å². The lowest BCUT2D eigenvalue weighted by molar-refractivity contribution is -0.123. The van der Waals surface area contributed by atoms with Gasteiger partial charge in [0.25, 0.3) is 0 Å². The van der Waals surface area contributed by atoms with Gasteiger partial charge in [-0.05, 0) is 30.3 Å². The van der Waals surface area contributed by atoms with Crippen LogP contribution in [0.4, 0.5) is 11.4 Å². The van der Waals surface area contributed by atoms with Crippen LogP contribution in [0.3, 0.4) is 0 Å². The maximum atomic E-state index is 13.0. The Balaban J connectivity index is 1.65. The van der Waals surface area contributed by atoms with E-state index in [0.717, 1.165) is 24.6 Å². The van der Waals surface area contributed by atoms with Crippen LogP contribution in [0.1, 0.15) is 16.1 Å². The molecule has 1 saturated heterocycles. The van der Waals surface area contributed by atoms with Gasteiger partial charge in [0.1, 0.15) is 12.3 Å². The van der Waals surface area contributed by atoms with Crippen molar-refractivity contribution in [3.63, 3.8) is 0 Å². The molecule has 0 atom stereocenters. The first-order chi connectivity index (χ1) is 14.0. The molecule has 3 heterocycles. The molecule has 4 rings (SSSR count). The molecular formula is C20H21N3O5S. The van der Waals surface area contributed by atoms with Crippen LogP contribution in [-0.2, 0) is 16.1 Å². The molecule has 2 aliphatic rings. The lowest BCUT2D eigenvalue weighted by Crippen LogP contribution is -2.51. The van der Waals surface area contributed by atoms with Crippen LogP contribution >= 0.6 is 11.8 Å². The van der Waals surface area contributed by atoms with E-state index in [1.807, 2.05) is 11.8 Å². The number of aromatic carboxylic acids is 1. The van der Waals surface area contributed by atoms with Crippen molar-refractivity contribution in [1.82, 2.24) is 4.90 Å². The van der Waals surface area contributed by atoms with E-state index in [9.17, 15) is 19.5 Å². The first kappa shape index (κ1) is 19.5. The van der Waals surface area contributed by atoms with Gasteiger partial charge in [0.05, 0.1) is 36.3 Å². The predicted molar refractivity (Wildman–Crippen MR) is 109 cm³/mol. The zero-order chi connectivity index (χ0) is 20.4. The number of thioether (sulfide) groups is 1. The highest BCUT2D eigenvalue weighted by atomic mass is 32.2. The summed E-state index contributed by atoms with van der Waals surface area (Å²) in [7, 11) is 0. The third kappa shape index (κ3) is 4.15. The number of carbonyl (C=O) groups is 3. The van der Waals surface area contributed by atoms with E-state index in [1.165, 1.54) is 28.2 Å². The predicted octanol–water partition coefficient (Wildman–Crippen LogP) is 1.91. The number of amides is 2. The average Bonchev–Trinajstić information content (AvgIpc) is 3.23. The van der Waals surface area contributed by atoms with Crippen LogP contribution in [-0.4, -0.2) is 65.5 Å². The zero-order valence-corrected chi connectivity index (χ0v) is 16.6. The van der Waals surface area contributed by atoms with Crippen molar-refractivity contribution in [2.75, 3.05) is 47.5 Å². The van der Waals surface area contributed by atoms with Crippen LogP contribution in [0.25, 0.3) is 0 Å². The SMILES string of the molecule is O=C(O)c1ccc2c(c1)N(C(=O)CN1CCSCC1)CC(=O)N2Cc1ccco1. The second-order valence-electron chi connectivity index (χ2n) is 6.94. The number of fused-ring (bicyclic) bond motifs is 1. The van der Waals surface area contributed by atoms with Crippen LogP contribution in [0, 0.1) is 0 Å². The Kier molecular flexibility index (Phi) is 5.59. The zero-order valence-electron chi connectivity index (χ0n) is 15.7. The molecule has 0 bridgehead atoms. The summed E-state index contributed by atoms with van der Waals surface area (Å²) in [5.41, 5.74) is 1.01. The number of carboxylic acids is 1. The minimum Gasteiger partial charge on any atom is -0.478 e. The summed E-state index contributed by atoms with van der Waals surface area (Å²) >= 11 is 1.86. The van der Waals surface area contributed by atoms with Gasteiger partial charge in [0.2, 0.25) is 11.8 Å². The Morgan fingerprint density at radius 3 is 2.62 bits per heavy atom. The van der Waals surface area contributed by atoms with Crippen molar-refractivity contribution < 1.29 is 23.9 Å². The Hall–Kier alpha value is -2.78. The molecule has 29 heavy (non-hydrogen) atoms. The number of carbonyl (C=O) groups excluding carboxylic acids is 2. The molecule has 8 nitrogen and oxygen atoms in total. The topological polar surface area (TPSA) is 94.3 Å². The van der Waals surface area contributed by atoms with E-state index in [-0.39, 0.29) is 37.0 Å². The van der Waals surface area contributed by atoms with Crippen LogP contribution in [0.15, 0.2) is 41.0 Å². The number of hydrogen-bond donors (Lipinski definition) is 1. The van der Waals surface area contributed by atoms with E-state index in [1.54, 1.807) is 18.2 Å². The van der Waals surface area contributed by atoms with E-state index in [4.69, 9.17) is 4.42 Å². The highest BCUT2D eigenvalue weighted by molar-refractivity contribution is 7.99. The minimum atomic E-state index is -1.08. The molecule has 9 heteroatoms. The summed E-state index contributed by atoms with van der Waals surface area (Å²) in [6.07, 6.45) is 1.53. The fourth-order valence-electron chi connectivity index (χ4n) is 3.53. The van der Waals surface area contributed by atoms with Crippen molar-refractivity contribution >= 4 is 40.9 Å². The third-order valence-corrected chi connectivity index (χ3v) is 6.00. The normalized spacial score (nSPS) is 17.3. The number of furan rings is 1. The van der Waals surface area contributed by atoms with Crippen molar-refractivity contribution in [2.24, 2.45) is 0 Å². The van der Waals surface area contributed by atoms with Gasteiger partial charge < -0.3 is 14.4 Å². The molecule has 1 fully saturated rings. The molecule has 1 aromatic heterocycles. The van der Waals surface area contributed by atoms with Crippen molar-refractivity contribution in [3.05, 3.63) is 47.9 Å². The van der Waals surface area contributed by atoms with Crippen molar-refractivity contribution in [2.45, 2.75) is 6.54 Å². The largest absolute Gasteiger partial charge is 0.478 e. The fraction of sp³-hybridized carbons (Fsp3) is 0.350. The molecular weight excluding hydrogens is 394 g/mol. The van der Waals surface area contributed by atoms with Crippen LogP contribution in [0.2, 0.25) is 0 Å². The molecule has 1 N–H and O–H groups in total. The standard InChI is InChI=1S/C20H21N3O5S/c24-18(12-21-5-8-29-9-6-21)23-13-19(25)22(11-15-2-1-7-28-15)16-4-3-14(20(26)27)10-17(16)23/h1-4,7,10H,5-6,8-9,11-13H2,(H,26,27). The van der Waals surface area contributed by atoms with E-state index in [2.05, 4.69) is 4.90 Å². The summed E-state index contributed by atoms with van der Waals surface area (Å²) in [6, 6.07) is 7.99. The average molecular weight is 415 g/mol. The number of nitrogens with zero attached hydrogens (tertiary/aromatic N) is 3. The molecule has 1 aromatic carbocycles. The summed E-state index contributed by atoms with van der Waals surface area (Å²) < 4.78 is 5.36. The van der Waals surface area contributed by atoms with E-state index < -0.39 is 5.97 Å². The molecule has 0 unspecified atom stereocenters. The van der Waals surface area contributed by atoms with Gasteiger partial charge in [-0.2, -0.15) is 11.8 Å². The fourth-order valence-corrected chi connectivity index (χ4v) is 4.51. The van der Waals surface area contributed by atoms with Crippen LogP contribution in [0.5, 0.6) is 0 Å². The maximum absolute atomic E-state index is 13.0. The van der Waals surface area contributed by atoms with Gasteiger partial charge in [-0.15, -0.1) is 0 Å². The van der Waals surface area contributed by atoms with Crippen molar-refractivity contribution in [1.29, 1.82) is 0 Å². The molecule has 0 radical (unpaired) electrons. The highest BCUT2D eigenvalue weighted by Gasteiger charge is 2.34. The molecule has 0 aliphatic carbocycles. The quantitative estimate of drug-likeness (QED) is 0.797. The molecule has 0 spiro atoms. The minimum absolute atomic E-state index is 0.0724. The highest BCUT2D eigenvalue weighted by Crippen LogP contribution is 2.36. The van der Waals surface area contributed by atoms with Gasteiger partial charge >= 0.3 is 5.97 Å². The smallest absolute Gasteiger partial charge is 0.335 e. The summed E-state index contributed by atoms with van der Waals surface area (Å²) in [5, 5.41) is 9.39. The molecule has 152 valence electrons. The Morgan fingerprint density at radius 1 is 1.14 bits per heavy atom. The number of benzene rings is 1. The number of hydrogen-bond acceptors (Lipinski definition) is 6. The van der Waals surface area contributed by atoms with Gasteiger partial charge in [-0.25, -0.2) is 4.79 Å². The number of anilines is 2. The Bertz CT molecular complexity index is 924. The number of rotatable bonds is 5. The van der Waals surface area contributed by atoms with Gasteiger partial charge in [-0.1, -0.05) is 0 Å².